The van der Waals surface area contributed by atoms with E-state index in [0.717, 1.165) is 16.9 Å². The lowest BCUT2D eigenvalue weighted by molar-refractivity contribution is -0.385. The normalized spacial score (nSPS) is 10.4. The van der Waals surface area contributed by atoms with Crippen molar-refractivity contribution < 1.29 is 9.72 Å². The van der Waals surface area contributed by atoms with Gasteiger partial charge in [-0.1, -0.05) is 24.3 Å². The van der Waals surface area contributed by atoms with Gasteiger partial charge in [-0.05, 0) is 37.1 Å². The summed E-state index contributed by atoms with van der Waals surface area (Å²) in [5.41, 5.74) is 3.31. The highest BCUT2D eigenvalue weighted by Crippen LogP contribution is 2.24. The van der Waals surface area contributed by atoms with Crippen LogP contribution in [0.2, 0.25) is 0 Å². The molecule has 0 saturated heterocycles. The molecule has 2 N–H and O–H groups in total. The summed E-state index contributed by atoms with van der Waals surface area (Å²) in [4.78, 5) is 27.5. The summed E-state index contributed by atoms with van der Waals surface area (Å²) < 4.78 is 0. The molecule has 0 atom stereocenters. The van der Waals surface area contributed by atoms with Crippen LogP contribution in [0.1, 0.15) is 27.2 Å². The Hall–Kier alpha value is -3.26. The predicted octanol–water partition coefficient (Wildman–Crippen LogP) is 4.53. The Bertz CT molecular complexity index is 1000. The van der Waals surface area contributed by atoms with Crippen molar-refractivity contribution >= 4 is 33.8 Å². The topological polar surface area (TPSA) is 97.2 Å². The SMILES string of the molecule is Cc1csc(NC(=O)c2ccc(CNc3ccccc3C)cc2[N+](=O)[O-])n1. The van der Waals surface area contributed by atoms with Crippen LogP contribution in [0.25, 0.3) is 0 Å². The van der Waals surface area contributed by atoms with Gasteiger partial charge in [0, 0.05) is 23.7 Å². The average Bonchev–Trinajstić information content (AvgIpc) is 3.05. The molecule has 3 rings (SSSR count). The zero-order valence-electron chi connectivity index (χ0n) is 14.9. The maximum atomic E-state index is 12.4. The van der Waals surface area contributed by atoms with Gasteiger partial charge in [-0.2, -0.15) is 0 Å². The number of benzene rings is 2. The van der Waals surface area contributed by atoms with Gasteiger partial charge < -0.3 is 5.32 Å². The molecule has 0 spiro atoms. The quantitative estimate of drug-likeness (QED) is 0.482. The van der Waals surface area contributed by atoms with Crippen LogP contribution >= 0.6 is 11.3 Å². The standard InChI is InChI=1S/C19H18N4O3S/c1-12-5-3-4-6-16(12)20-10-14-7-8-15(17(9-14)23(25)26)18(24)22-19-21-13(2)11-27-19/h3-9,11,20H,10H2,1-2H3,(H,21,22,24). The van der Waals surface area contributed by atoms with Gasteiger partial charge >= 0.3 is 0 Å². The third kappa shape index (κ3) is 4.48. The minimum Gasteiger partial charge on any atom is -0.381 e. The van der Waals surface area contributed by atoms with Crippen molar-refractivity contribution in [2.75, 3.05) is 10.6 Å². The van der Waals surface area contributed by atoms with Crippen molar-refractivity contribution in [1.29, 1.82) is 0 Å². The van der Waals surface area contributed by atoms with Crippen molar-refractivity contribution in [3.63, 3.8) is 0 Å². The zero-order valence-corrected chi connectivity index (χ0v) is 15.7. The summed E-state index contributed by atoms with van der Waals surface area (Å²) >= 11 is 1.27. The number of nitrogens with zero attached hydrogens (tertiary/aromatic N) is 2. The number of nitrogens with one attached hydrogen (secondary N) is 2. The van der Waals surface area contributed by atoms with Crippen molar-refractivity contribution in [3.05, 3.63) is 80.3 Å². The number of hydrogen-bond donors (Lipinski definition) is 2. The lowest BCUT2D eigenvalue weighted by atomic mass is 10.1. The predicted molar refractivity (Wildman–Crippen MR) is 106 cm³/mol. The molecule has 0 saturated carbocycles. The number of anilines is 2. The van der Waals surface area contributed by atoms with E-state index in [1.807, 2.05) is 38.1 Å². The molecule has 8 heteroatoms. The maximum Gasteiger partial charge on any atom is 0.282 e. The van der Waals surface area contributed by atoms with E-state index < -0.39 is 10.8 Å². The van der Waals surface area contributed by atoms with Gasteiger partial charge in [0.2, 0.25) is 0 Å². The lowest BCUT2D eigenvalue weighted by Gasteiger charge is -2.10. The fourth-order valence-corrected chi connectivity index (χ4v) is 3.26. The third-order valence-electron chi connectivity index (χ3n) is 3.97. The summed E-state index contributed by atoms with van der Waals surface area (Å²) in [6.45, 7) is 4.21. The van der Waals surface area contributed by atoms with Crippen LogP contribution in [0.3, 0.4) is 0 Å². The molecule has 0 aliphatic carbocycles. The second kappa shape index (κ2) is 7.96. The number of aromatic nitrogens is 1. The van der Waals surface area contributed by atoms with Gasteiger partial charge in [0.25, 0.3) is 11.6 Å². The Kier molecular flexibility index (Phi) is 5.46. The molecule has 0 aliphatic rings. The van der Waals surface area contributed by atoms with Crippen molar-refractivity contribution in [3.8, 4) is 0 Å². The third-order valence-corrected chi connectivity index (χ3v) is 4.85. The second-order valence-corrected chi connectivity index (χ2v) is 6.88. The molecule has 0 fully saturated rings. The Morgan fingerprint density at radius 1 is 1.22 bits per heavy atom. The largest absolute Gasteiger partial charge is 0.381 e. The molecule has 1 amide bonds. The van der Waals surface area contributed by atoms with Crippen LogP contribution in [0, 0.1) is 24.0 Å². The number of rotatable bonds is 6. The van der Waals surface area contributed by atoms with Gasteiger partial charge in [0.05, 0.1) is 10.6 Å². The molecule has 0 radical (unpaired) electrons. The number of hydrogen-bond acceptors (Lipinski definition) is 6. The molecular formula is C19H18N4O3S. The molecular weight excluding hydrogens is 364 g/mol. The van der Waals surface area contributed by atoms with E-state index in [1.165, 1.54) is 23.5 Å². The molecule has 0 unspecified atom stereocenters. The minimum absolute atomic E-state index is 0.00694. The fraction of sp³-hybridized carbons (Fsp3) is 0.158. The van der Waals surface area contributed by atoms with Crippen molar-refractivity contribution in [2.45, 2.75) is 20.4 Å². The van der Waals surface area contributed by atoms with E-state index >= 15 is 0 Å². The van der Waals surface area contributed by atoms with Gasteiger partial charge in [0.15, 0.2) is 5.13 Å². The molecule has 138 valence electrons. The van der Waals surface area contributed by atoms with E-state index in [2.05, 4.69) is 15.6 Å². The first-order valence-corrected chi connectivity index (χ1v) is 9.12. The van der Waals surface area contributed by atoms with Crippen molar-refractivity contribution in [1.82, 2.24) is 4.98 Å². The summed E-state index contributed by atoms with van der Waals surface area (Å²) in [6.07, 6.45) is 0. The zero-order chi connectivity index (χ0) is 19.4. The smallest absolute Gasteiger partial charge is 0.282 e. The van der Waals surface area contributed by atoms with Crippen LogP contribution < -0.4 is 10.6 Å². The second-order valence-electron chi connectivity index (χ2n) is 6.03. The number of carbonyl (C=O) groups is 1. The molecule has 1 aromatic heterocycles. The van der Waals surface area contributed by atoms with Gasteiger partial charge in [-0.15, -0.1) is 11.3 Å². The van der Waals surface area contributed by atoms with Crippen LogP contribution in [0.4, 0.5) is 16.5 Å². The number of para-hydroxylation sites is 1. The number of nitro benzene ring substituents is 1. The molecule has 0 aliphatic heterocycles. The molecule has 27 heavy (non-hydrogen) atoms. The van der Waals surface area contributed by atoms with E-state index in [-0.39, 0.29) is 11.3 Å². The van der Waals surface area contributed by atoms with Crippen LogP contribution in [0.15, 0.2) is 47.8 Å². The maximum absolute atomic E-state index is 12.4. The number of aryl methyl sites for hydroxylation is 2. The summed E-state index contributed by atoms with van der Waals surface area (Å²) in [5.74, 6) is -0.547. The Morgan fingerprint density at radius 3 is 2.67 bits per heavy atom. The Morgan fingerprint density at radius 2 is 2.00 bits per heavy atom. The van der Waals surface area contributed by atoms with Crippen molar-refractivity contribution in [2.24, 2.45) is 0 Å². The Labute approximate surface area is 160 Å². The van der Waals surface area contributed by atoms with Crippen LogP contribution in [-0.2, 0) is 6.54 Å². The number of carbonyl (C=O) groups excluding carboxylic acids is 1. The van der Waals surface area contributed by atoms with E-state index in [0.29, 0.717) is 17.2 Å². The highest BCUT2D eigenvalue weighted by Gasteiger charge is 2.21. The van der Waals surface area contributed by atoms with Gasteiger partial charge in [-0.3, -0.25) is 20.2 Å². The van der Waals surface area contributed by atoms with Gasteiger partial charge in [0.1, 0.15) is 5.56 Å². The highest BCUT2D eigenvalue weighted by molar-refractivity contribution is 7.13. The molecule has 3 aromatic rings. The van der Waals surface area contributed by atoms with E-state index in [4.69, 9.17) is 0 Å². The van der Waals surface area contributed by atoms with Crippen LogP contribution in [-0.4, -0.2) is 15.8 Å². The number of amides is 1. The fourth-order valence-electron chi connectivity index (χ4n) is 2.57. The Balaban J connectivity index is 1.79. The number of thiazole rings is 1. The average molecular weight is 382 g/mol. The molecule has 0 bridgehead atoms. The summed E-state index contributed by atoms with van der Waals surface area (Å²) in [6, 6.07) is 12.4. The summed E-state index contributed by atoms with van der Waals surface area (Å²) in [5, 5.41) is 19.5. The number of nitro groups is 1. The summed E-state index contributed by atoms with van der Waals surface area (Å²) in [7, 11) is 0. The first-order valence-electron chi connectivity index (χ1n) is 8.24. The molecule has 2 aromatic carbocycles. The minimum atomic E-state index is -0.547. The van der Waals surface area contributed by atoms with E-state index in [9.17, 15) is 14.9 Å². The van der Waals surface area contributed by atoms with Gasteiger partial charge in [-0.25, -0.2) is 4.98 Å². The molecule has 7 nitrogen and oxygen atoms in total. The molecule has 1 heterocycles. The lowest BCUT2D eigenvalue weighted by Crippen LogP contribution is -2.14. The van der Waals surface area contributed by atoms with Crippen LogP contribution in [0.5, 0.6) is 0 Å². The highest BCUT2D eigenvalue weighted by atomic mass is 32.1. The first-order chi connectivity index (χ1) is 12.9. The first kappa shape index (κ1) is 18.5. The monoisotopic (exact) mass is 382 g/mol. The van der Waals surface area contributed by atoms with E-state index in [1.54, 1.807) is 11.4 Å².